The molecule has 8 nitrogen and oxygen atoms in total. The lowest BCUT2D eigenvalue weighted by Crippen LogP contribution is -2.28. The standard InChI is InChI=1S/C24H18F4N6O2/c1-13(32-21-16-9-10-29-20(16)30-12-31-21)22-33-18-4-2-3-17(25)19(18)23(35)34(22)14-5-7-15(8-6-14)36-11-24(26,27)28/h2-10,12-13H,11H2,1H3,(H2,29,30,31,32). The van der Waals surface area contributed by atoms with Gasteiger partial charge < -0.3 is 15.0 Å². The molecule has 2 N–H and O–H groups in total. The van der Waals surface area contributed by atoms with Gasteiger partial charge in [-0.3, -0.25) is 9.36 Å². The van der Waals surface area contributed by atoms with Crippen molar-refractivity contribution in [1.29, 1.82) is 0 Å². The molecule has 5 aromatic rings. The lowest BCUT2D eigenvalue weighted by molar-refractivity contribution is -0.153. The fraction of sp³-hybridized carbons (Fsp3) is 0.167. The second kappa shape index (κ2) is 8.95. The molecule has 0 aliphatic rings. The molecular formula is C24H18F4N6O2. The maximum absolute atomic E-state index is 14.6. The molecule has 0 fully saturated rings. The van der Waals surface area contributed by atoms with Crippen molar-refractivity contribution >= 4 is 27.8 Å². The molecule has 0 spiro atoms. The van der Waals surface area contributed by atoms with Crippen molar-refractivity contribution in [3.8, 4) is 11.4 Å². The SMILES string of the molecule is CC(Nc1ncnc2[nH]ccc12)c1nc2cccc(F)c2c(=O)n1-c1ccc(OCC(F)(F)F)cc1. The summed E-state index contributed by atoms with van der Waals surface area (Å²) in [7, 11) is 0. The van der Waals surface area contributed by atoms with Crippen LogP contribution in [0.25, 0.3) is 27.6 Å². The van der Waals surface area contributed by atoms with E-state index >= 15 is 0 Å². The fourth-order valence-corrected chi connectivity index (χ4v) is 3.86. The number of alkyl halides is 3. The molecular weight excluding hydrogens is 480 g/mol. The van der Waals surface area contributed by atoms with Gasteiger partial charge in [0.15, 0.2) is 6.61 Å². The van der Waals surface area contributed by atoms with Gasteiger partial charge in [-0.2, -0.15) is 13.2 Å². The maximum Gasteiger partial charge on any atom is 0.422 e. The molecule has 0 saturated carbocycles. The zero-order chi connectivity index (χ0) is 25.4. The highest BCUT2D eigenvalue weighted by Gasteiger charge is 2.28. The van der Waals surface area contributed by atoms with Crippen LogP contribution < -0.4 is 15.6 Å². The number of hydrogen-bond acceptors (Lipinski definition) is 6. The van der Waals surface area contributed by atoms with Crippen molar-refractivity contribution in [3.05, 3.63) is 83.1 Å². The summed E-state index contributed by atoms with van der Waals surface area (Å²) < 4.78 is 58.1. The summed E-state index contributed by atoms with van der Waals surface area (Å²) >= 11 is 0. The topological polar surface area (TPSA) is 97.7 Å². The second-order valence-corrected chi connectivity index (χ2v) is 7.97. The molecule has 184 valence electrons. The first-order valence-corrected chi connectivity index (χ1v) is 10.8. The summed E-state index contributed by atoms with van der Waals surface area (Å²) in [6.07, 6.45) is -1.40. The average molecular weight is 498 g/mol. The van der Waals surface area contributed by atoms with Crippen LogP contribution in [0.1, 0.15) is 18.8 Å². The number of H-pyrrole nitrogens is 1. The Kier molecular flexibility index (Phi) is 5.78. The Balaban J connectivity index is 1.60. The van der Waals surface area contributed by atoms with Gasteiger partial charge in [-0.15, -0.1) is 0 Å². The third kappa shape index (κ3) is 4.44. The van der Waals surface area contributed by atoms with E-state index in [1.807, 2.05) is 0 Å². The first kappa shape index (κ1) is 23.3. The van der Waals surface area contributed by atoms with Crippen LogP contribution in [0.3, 0.4) is 0 Å². The third-order valence-electron chi connectivity index (χ3n) is 5.46. The van der Waals surface area contributed by atoms with Crippen LogP contribution in [0.4, 0.5) is 23.4 Å². The van der Waals surface area contributed by atoms with Crippen molar-refractivity contribution in [1.82, 2.24) is 24.5 Å². The van der Waals surface area contributed by atoms with Gasteiger partial charge in [-0.25, -0.2) is 19.3 Å². The average Bonchev–Trinajstić information content (AvgIpc) is 3.32. The molecule has 0 aliphatic heterocycles. The summed E-state index contributed by atoms with van der Waals surface area (Å²) in [5.41, 5.74) is 0.384. The molecule has 0 bridgehead atoms. The molecule has 5 rings (SSSR count). The van der Waals surface area contributed by atoms with Crippen LogP contribution >= 0.6 is 0 Å². The highest BCUT2D eigenvalue weighted by atomic mass is 19.4. The monoisotopic (exact) mass is 498 g/mol. The Bertz CT molecular complexity index is 1610. The molecule has 0 amide bonds. The molecule has 0 saturated heterocycles. The van der Waals surface area contributed by atoms with Crippen molar-refractivity contribution < 1.29 is 22.3 Å². The number of fused-ring (bicyclic) bond motifs is 2. The van der Waals surface area contributed by atoms with E-state index < -0.39 is 30.2 Å². The van der Waals surface area contributed by atoms with E-state index in [1.54, 1.807) is 19.2 Å². The molecule has 0 radical (unpaired) electrons. The lowest BCUT2D eigenvalue weighted by atomic mass is 10.2. The number of hydrogen-bond donors (Lipinski definition) is 2. The highest BCUT2D eigenvalue weighted by molar-refractivity contribution is 5.86. The summed E-state index contributed by atoms with van der Waals surface area (Å²) in [6.45, 7) is 0.304. The van der Waals surface area contributed by atoms with E-state index in [1.165, 1.54) is 47.3 Å². The number of nitrogens with one attached hydrogen (secondary N) is 2. The molecule has 3 heterocycles. The van der Waals surface area contributed by atoms with Gasteiger partial charge in [0, 0.05) is 6.20 Å². The highest BCUT2D eigenvalue weighted by Crippen LogP contribution is 2.26. The largest absolute Gasteiger partial charge is 0.484 e. The molecule has 3 aromatic heterocycles. The summed E-state index contributed by atoms with van der Waals surface area (Å²) in [5, 5.41) is 3.73. The van der Waals surface area contributed by atoms with Gasteiger partial charge in [-0.1, -0.05) is 6.07 Å². The minimum atomic E-state index is -4.49. The number of aromatic amines is 1. The molecule has 1 atom stereocenters. The van der Waals surface area contributed by atoms with Gasteiger partial charge in [0.25, 0.3) is 5.56 Å². The van der Waals surface area contributed by atoms with Crippen LogP contribution in [0.15, 0.2) is 65.8 Å². The molecule has 36 heavy (non-hydrogen) atoms. The van der Waals surface area contributed by atoms with Gasteiger partial charge in [0.05, 0.1) is 22.6 Å². The van der Waals surface area contributed by atoms with E-state index in [-0.39, 0.29) is 28.2 Å². The van der Waals surface area contributed by atoms with Gasteiger partial charge in [0.2, 0.25) is 0 Å². The van der Waals surface area contributed by atoms with Crippen LogP contribution in [0.2, 0.25) is 0 Å². The number of rotatable bonds is 6. The van der Waals surface area contributed by atoms with E-state index in [4.69, 9.17) is 4.74 Å². The number of aromatic nitrogens is 5. The smallest absolute Gasteiger partial charge is 0.422 e. The maximum atomic E-state index is 14.6. The van der Waals surface area contributed by atoms with Crippen LogP contribution in [0, 0.1) is 5.82 Å². The summed E-state index contributed by atoms with van der Waals surface area (Å²) in [5.74, 6) is -0.0392. The third-order valence-corrected chi connectivity index (χ3v) is 5.46. The van der Waals surface area contributed by atoms with Crippen molar-refractivity contribution in [3.63, 3.8) is 0 Å². The second-order valence-electron chi connectivity index (χ2n) is 7.97. The number of benzene rings is 2. The molecule has 1 unspecified atom stereocenters. The Morgan fingerprint density at radius 3 is 2.64 bits per heavy atom. The zero-order valence-corrected chi connectivity index (χ0v) is 18.7. The number of anilines is 1. The normalized spacial score (nSPS) is 12.7. The fourth-order valence-electron chi connectivity index (χ4n) is 3.86. The zero-order valence-electron chi connectivity index (χ0n) is 18.7. The summed E-state index contributed by atoms with van der Waals surface area (Å²) in [6, 6.07) is 10.8. The first-order chi connectivity index (χ1) is 17.2. The Morgan fingerprint density at radius 1 is 1.11 bits per heavy atom. The van der Waals surface area contributed by atoms with Gasteiger partial charge in [0.1, 0.15) is 40.6 Å². The van der Waals surface area contributed by atoms with Crippen LogP contribution in [-0.2, 0) is 0 Å². The molecule has 12 heteroatoms. The van der Waals surface area contributed by atoms with E-state index in [9.17, 15) is 22.4 Å². The number of halogens is 4. The van der Waals surface area contributed by atoms with Crippen molar-refractivity contribution in [2.75, 3.05) is 11.9 Å². The van der Waals surface area contributed by atoms with Crippen molar-refractivity contribution in [2.24, 2.45) is 0 Å². The summed E-state index contributed by atoms with van der Waals surface area (Å²) in [4.78, 5) is 29.5. The Morgan fingerprint density at radius 2 is 1.89 bits per heavy atom. The minimum Gasteiger partial charge on any atom is -0.484 e. The number of nitrogens with zero attached hydrogens (tertiary/aromatic N) is 4. The van der Waals surface area contributed by atoms with E-state index in [0.717, 1.165) is 11.5 Å². The van der Waals surface area contributed by atoms with E-state index in [0.29, 0.717) is 11.5 Å². The quantitative estimate of drug-likeness (QED) is 0.323. The van der Waals surface area contributed by atoms with Crippen LogP contribution in [-0.4, -0.2) is 37.3 Å². The van der Waals surface area contributed by atoms with Crippen LogP contribution in [0.5, 0.6) is 5.75 Å². The predicted molar refractivity (Wildman–Crippen MR) is 125 cm³/mol. The first-order valence-electron chi connectivity index (χ1n) is 10.8. The van der Waals surface area contributed by atoms with Crippen molar-refractivity contribution in [2.45, 2.75) is 19.1 Å². The lowest BCUT2D eigenvalue weighted by Gasteiger charge is -2.20. The number of ether oxygens (including phenoxy) is 1. The van der Waals surface area contributed by atoms with Gasteiger partial charge >= 0.3 is 6.18 Å². The Labute approximate surface area is 200 Å². The predicted octanol–water partition coefficient (Wildman–Crippen LogP) is 4.91. The van der Waals surface area contributed by atoms with Gasteiger partial charge in [-0.05, 0) is 49.4 Å². The molecule has 0 aliphatic carbocycles. The molecule has 2 aromatic carbocycles. The minimum absolute atomic E-state index is 0.0346. The van der Waals surface area contributed by atoms with E-state index in [2.05, 4.69) is 25.3 Å². The Hall–Kier alpha value is -4.48.